The number of benzene rings is 2. The van der Waals surface area contributed by atoms with E-state index in [4.69, 9.17) is 25.8 Å². The van der Waals surface area contributed by atoms with Gasteiger partial charge in [0.15, 0.2) is 0 Å². The van der Waals surface area contributed by atoms with E-state index in [9.17, 15) is 9.59 Å². The maximum Gasteiger partial charge on any atom is 0.329 e. The van der Waals surface area contributed by atoms with Crippen molar-refractivity contribution in [3.8, 4) is 11.5 Å². The predicted octanol–water partition coefficient (Wildman–Crippen LogP) is 4.88. The number of amides is 1. The molecule has 1 atom stereocenters. The molecular formula is C24H25ClN2O5S. The molecule has 0 aliphatic rings. The number of carbonyl (C=O) groups excluding carboxylic acids is 2. The van der Waals surface area contributed by atoms with Gasteiger partial charge in [-0.05, 0) is 54.4 Å². The van der Waals surface area contributed by atoms with Gasteiger partial charge in [0.05, 0.1) is 12.8 Å². The largest absolute Gasteiger partial charge is 0.497 e. The highest BCUT2D eigenvalue weighted by molar-refractivity contribution is 7.09. The first-order valence-corrected chi connectivity index (χ1v) is 11.5. The molecule has 9 heteroatoms. The van der Waals surface area contributed by atoms with Crippen LogP contribution in [0.4, 0.5) is 0 Å². The lowest BCUT2D eigenvalue weighted by molar-refractivity contribution is -0.148. The molecule has 7 nitrogen and oxygen atoms in total. The first kappa shape index (κ1) is 24.5. The van der Waals surface area contributed by atoms with Crippen molar-refractivity contribution < 1.29 is 23.8 Å². The number of esters is 1. The number of hydrogen-bond donors (Lipinski definition) is 1. The number of aromatic nitrogens is 1. The molecule has 0 bridgehead atoms. The highest BCUT2D eigenvalue weighted by atomic mass is 35.5. The van der Waals surface area contributed by atoms with Crippen LogP contribution in [-0.4, -0.2) is 30.0 Å². The van der Waals surface area contributed by atoms with Gasteiger partial charge in [0.2, 0.25) is 0 Å². The SMILES string of the molecule is COc1ccc(C(=O)N[C@H](C(=O)OCc2csc(COc3ccc(Cl)cc3)n2)C(C)C)cc1. The quantitative estimate of drug-likeness (QED) is 0.409. The minimum Gasteiger partial charge on any atom is -0.497 e. The number of carbonyl (C=O) groups is 2. The third-order valence-corrected chi connectivity index (χ3v) is 5.82. The molecule has 0 saturated carbocycles. The van der Waals surface area contributed by atoms with Crippen molar-refractivity contribution in [2.75, 3.05) is 7.11 Å². The van der Waals surface area contributed by atoms with Crippen molar-refractivity contribution in [2.45, 2.75) is 33.1 Å². The van der Waals surface area contributed by atoms with Crippen LogP contribution >= 0.6 is 22.9 Å². The summed E-state index contributed by atoms with van der Waals surface area (Å²) in [6.07, 6.45) is 0. The monoisotopic (exact) mass is 488 g/mol. The van der Waals surface area contributed by atoms with Crippen LogP contribution in [0.15, 0.2) is 53.9 Å². The zero-order chi connectivity index (χ0) is 23.8. The summed E-state index contributed by atoms with van der Waals surface area (Å²) in [4.78, 5) is 29.6. The standard InChI is InChI=1S/C24H25ClN2O5S/c1-15(2)22(27-23(28)16-4-8-19(30-3)9-5-16)24(29)32-12-18-14-33-21(26-18)13-31-20-10-6-17(25)7-11-20/h4-11,14-15,22H,12-13H2,1-3H3,(H,27,28)/t22-/m0/s1. The van der Waals surface area contributed by atoms with Gasteiger partial charge in [0.1, 0.15) is 35.8 Å². The number of halogens is 1. The number of methoxy groups -OCH3 is 1. The number of rotatable bonds is 10. The fourth-order valence-corrected chi connectivity index (χ4v) is 3.67. The van der Waals surface area contributed by atoms with Gasteiger partial charge in [-0.15, -0.1) is 11.3 Å². The maximum atomic E-state index is 12.7. The number of nitrogens with zero attached hydrogens (tertiary/aromatic N) is 1. The van der Waals surface area contributed by atoms with Crippen LogP contribution in [0.25, 0.3) is 0 Å². The van der Waals surface area contributed by atoms with E-state index in [1.165, 1.54) is 11.3 Å². The smallest absolute Gasteiger partial charge is 0.329 e. The fourth-order valence-electron chi connectivity index (χ4n) is 2.86. The predicted molar refractivity (Wildman–Crippen MR) is 127 cm³/mol. The van der Waals surface area contributed by atoms with E-state index in [1.54, 1.807) is 55.6 Å². The van der Waals surface area contributed by atoms with E-state index in [0.717, 1.165) is 5.01 Å². The summed E-state index contributed by atoms with van der Waals surface area (Å²) in [7, 11) is 1.55. The second-order valence-corrected chi connectivity index (χ2v) is 8.89. The number of ether oxygens (including phenoxy) is 3. The Bertz CT molecular complexity index is 1070. The molecule has 1 amide bonds. The molecule has 1 heterocycles. The summed E-state index contributed by atoms with van der Waals surface area (Å²) < 4.78 is 16.2. The Morgan fingerprint density at radius 1 is 1.03 bits per heavy atom. The summed E-state index contributed by atoms with van der Waals surface area (Å²) in [5.74, 6) is 0.309. The Hall–Kier alpha value is -3.10. The topological polar surface area (TPSA) is 86.8 Å². The number of hydrogen-bond acceptors (Lipinski definition) is 7. The summed E-state index contributed by atoms with van der Waals surface area (Å²) in [5, 5.41) is 5.96. The number of nitrogens with one attached hydrogen (secondary N) is 1. The number of thiazole rings is 1. The molecule has 33 heavy (non-hydrogen) atoms. The molecule has 0 unspecified atom stereocenters. The van der Waals surface area contributed by atoms with E-state index < -0.39 is 12.0 Å². The Balaban J connectivity index is 1.52. The van der Waals surface area contributed by atoms with Gasteiger partial charge in [-0.25, -0.2) is 9.78 Å². The summed E-state index contributed by atoms with van der Waals surface area (Å²) in [5.41, 5.74) is 1.05. The molecule has 0 fully saturated rings. The normalized spacial score (nSPS) is 11.7. The van der Waals surface area contributed by atoms with Gasteiger partial charge >= 0.3 is 5.97 Å². The molecule has 0 aliphatic carbocycles. The van der Waals surface area contributed by atoms with Crippen LogP contribution in [0.1, 0.15) is 34.9 Å². The Morgan fingerprint density at radius 3 is 2.33 bits per heavy atom. The van der Waals surface area contributed by atoms with Crippen LogP contribution in [0.2, 0.25) is 5.02 Å². The van der Waals surface area contributed by atoms with Crippen LogP contribution in [0.3, 0.4) is 0 Å². The van der Waals surface area contributed by atoms with Crippen molar-refractivity contribution in [1.29, 1.82) is 0 Å². The highest BCUT2D eigenvalue weighted by Crippen LogP contribution is 2.19. The van der Waals surface area contributed by atoms with E-state index >= 15 is 0 Å². The van der Waals surface area contributed by atoms with Crippen LogP contribution < -0.4 is 14.8 Å². The molecule has 3 rings (SSSR count). The second-order valence-electron chi connectivity index (χ2n) is 7.51. The highest BCUT2D eigenvalue weighted by Gasteiger charge is 2.26. The molecule has 0 spiro atoms. The van der Waals surface area contributed by atoms with Crippen LogP contribution in [0, 0.1) is 5.92 Å². The van der Waals surface area contributed by atoms with Gasteiger partial charge in [-0.3, -0.25) is 4.79 Å². The average molecular weight is 489 g/mol. The third-order valence-electron chi connectivity index (χ3n) is 4.70. The zero-order valence-corrected chi connectivity index (χ0v) is 20.1. The lowest BCUT2D eigenvalue weighted by Crippen LogP contribution is -2.45. The van der Waals surface area contributed by atoms with E-state index in [1.807, 2.05) is 19.2 Å². The van der Waals surface area contributed by atoms with Gasteiger partial charge in [0, 0.05) is 16.0 Å². The summed E-state index contributed by atoms with van der Waals surface area (Å²) in [6, 6.07) is 12.9. The minimum atomic E-state index is -0.786. The molecular weight excluding hydrogens is 464 g/mol. The Kier molecular flexibility index (Phi) is 8.68. The lowest BCUT2D eigenvalue weighted by Gasteiger charge is -2.20. The molecule has 174 valence electrons. The maximum absolute atomic E-state index is 12.7. The molecule has 1 N–H and O–H groups in total. The molecule has 1 aromatic heterocycles. The Morgan fingerprint density at radius 2 is 1.70 bits per heavy atom. The van der Waals surface area contributed by atoms with E-state index in [0.29, 0.717) is 34.4 Å². The van der Waals surface area contributed by atoms with Crippen LogP contribution in [-0.2, 0) is 22.7 Å². The van der Waals surface area contributed by atoms with Crippen molar-refractivity contribution >= 4 is 34.8 Å². The summed E-state index contributed by atoms with van der Waals surface area (Å²) in [6.45, 7) is 4.00. The van der Waals surface area contributed by atoms with Gasteiger partial charge in [-0.2, -0.15) is 0 Å². The van der Waals surface area contributed by atoms with Crippen LogP contribution in [0.5, 0.6) is 11.5 Å². The molecule has 3 aromatic rings. The van der Waals surface area contributed by atoms with Gasteiger partial charge in [-0.1, -0.05) is 25.4 Å². The molecule has 0 saturated heterocycles. The average Bonchev–Trinajstić information content (AvgIpc) is 3.28. The van der Waals surface area contributed by atoms with Crippen molar-refractivity contribution in [3.05, 3.63) is 75.2 Å². The second kappa shape index (κ2) is 11.7. The van der Waals surface area contributed by atoms with E-state index in [2.05, 4.69) is 10.3 Å². The van der Waals surface area contributed by atoms with Crippen molar-refractivity contribution in [2.24, 2.45) is 5.92 Å². The zero-order valence-electron chi connectivity index (χ0n) is 18.5. The molecule has 0 aliphatic heterocycles. The van der Waals surface area contributed by atoms with Crippen molar-refractivity contribution in [1.82, 2.24) is 10.3 Å². The van der Waals surface area contributed by atoms with Gasteiger partial charge in [0.25, 0.3) is 5.91 Å². The van der Waals surface area contributed by atoms with Gasteiger partial charge < -0.3 is 19.5 Å². The molecule has 0 radical (unpaired) electrons. The van der Waals surface area contributed by atoms with Crippen molar-refractivity contribution in [3.63, 3.8) is 0 Å². The molecule has 2 aromatic carbocycles. The summed E-state index contributed by atoms with van der Waals surface area (Å²) >= 11 is 7.28. The third kappa shape index (κ3) is 7.20. The minimum absolute atomic E-state index is 0.0118. The lowest BCUT2D eigenvalue weighted by atomic mass is 10.0. The Labute approximate surface area is 201 Å². The van der Waals surface area contributed by atoms with E-state index in [-0.39, 0.29) is 18.4 Å². The first-order chi connectivity index (χ1) is 15.9. The first-order valence-electron chi connectivity index (χ1n) is 10.3. The fraction of sp³-hybridized carbons (Fsp3) is 0.292.